The van der Waals surface area contributed by atoms with Crippen molar-refractivity contribution < 1.29 is 14.9 Å². The van der Waals surface area contributed by atoms with Crippen LogP contribution in [-0.4, -0.2) is 35.6 Å². The molecule has 15 heavy (non-hydrogen) atoms. The molecule has 0 saturated heterocycles. The second kappa shape index (κ2) is 10.4. The van der Waals surface area contributed by atoms with Crippen LogP contribution in [0, 0.1) is 0 Å². The van der Waals surface area contributed by atoms with Crippen LogP contribution in [0.4, 0.5) is 0 Å². The number of rotatable bonds is 10. The van der Waals surface area contributed by atoms with E-state index in [1.165, 1.54) is 0 Å². The van der Waals surface area contributed by atoms with Gasteiger partial charge in [0.1, 0.15) is 0 Å². The molecular formula is C12H26O3. The summed E-state index contributed by atoms with van der Waals surface area (Å²) in [5.41, 5.74) is 0. The second-order valence-corrected chi connectivity index (χ2v) is 4.02. The molecule has 0 aromatic heterocycles. The minimum absolute atomic E-state index is 0.171. The van der Waals surface area contributed by atoms with Crippen LogP contribution in [0.1, 0.15) is 52.4 Å². The van der Waals surface area contributed by atoms with Gasteiger partial charge in [0.05, 0.1) is 12.2 Å². The normalized spacial score (nSPS) is 15.2. The van der Waals surface area contributed by atoms with Gasteiger partial charge in [0.15, 0.2) is 0 Å². The summed E-state index contributed by atoms with van der Waals surface area (Å²) >= 11 is 0. The van der Waals surface area contributed by atoms with Gasteiger partial charge in [-0.1, -0.05) is 13.8 Å². The van der Waals surface area contributed by atoms with E-state index >= 15 is 0 Å². The smallest absolute Gasteiger partial charge is 0.0538 e. The Morgan fingerprint density at radius 2 is 1.27 bits per heavy atom. The third kappa shape index (κ3) is 10.2. The highest BCUT2D eigenvalue weighted by molar-refractivity contribution is 4.53. The van der Waals surface area contributed by atoms with Gasteiger partial charge in [-0.25, -0.2) is 0 Å². The van der Waals surface area contributed by atoms with Gasteiger partial charge in [-0.3, -0.25) is 0 Å². The molecule has 0 aliphatic rings. The zero-order valence-corrected chi connectivity index (χ0v) is 10.1. The second-order valence-electron chi connectivity index (χ2n) is 4.02. The summed E-state index contributed by atoms with van der Waals surface area (Å²) in [6.07, 6.45) is 4.80. The highest BCUT2D eigenvalue weighted by atomic mass is 16.5. The standard InChI is InChI=1S/C12H26O3/c1-3-11(13)7-5-9-15-10-6-8-12(14)4-2/h11-14H,3-10H2,1-2H3. The van der Waals surface area contributed by atoms with E-state index in [1.807, 2.05) is 13.8 Å². The quantitative estimate of drug-likeness (QED) is 0.552. The van der Waals surface area contributed by atoms with E-state index in [4.69, 9.17) is 4.74 Å². The fraction of sp³-hybridized carbons (Fsp3) is 1.00. The molecule has 3 nitrogen and oxygen atoms in total. The van der Waals surface area contributed by atoms with Crippen LogP contribution >= 0.6 is 0 Å². The molecule has 0 bridgehead atoms. The van der Waals surface area contributed by atoms with Crippen molar-refractivity contribution in [1.29, 1.82) is 0 Å². The first kappa shape index (κ1) is 14.9. The van der Waals surface area contributed by atoms with Crippen molar-refractivity contribution in [2.75, 3.05) is 13.2 Å². The monoisotopic (exact) mass is 218 g/mol. The molecule has 0 fully saturated rings. The van der Waals surface area contributed by atoms with Crippen LogP contribution < -0.4 is 0 Å². The Morgan fingerprint density at radius 1 is 0.867 bits per heavy atom. The molecule has 2 unspecified atom stereocenters. The van der Waals surface area contributed by atoms with E-state index in [1.54, 1.807) is 0 Å². The van der Waals surface area contributed by atoms with E-state index < -0.39 is 0 Å². The lowest BCUT2D eigenvalue weighted by Crippen LogP contribution is -2.08. The average Bonchev–Trinajstić information content (AvgIpc) is 2.26. The number of hydrogen-bond donors (Lipinski definition) is 2. The first-order chi connectivity index (χ1) is 7.20. The highest BCUT2D eigenvalue weighted by Gasteiger charge is 2.01. The molecule has 0 rings (SSSR count). The molecule has 0 aromatic rings. The van der Waals surface area contributed by atoms with E-state index in [0.29, 0.717) is 0 Å². The van der Waals surface area contributed by atoms with Gasteiger partial charge in [-0.05, 0) is 38.5 Å². The first-order valence-electron chi connectivity index (χ1n) is 6.14. The summed E-state index contributed by atoms with van der Waals surface area (Å²) in [7, 11) is 0. The summed E-state index contributed by atoms with van der Waals surface area (Å²) in [6.45, 7) is 5.41. The van der Waals surface area contributed by atoms with Crippen LogP contribution in [-0.2, 0) is 4.74 Å². The molecule has 0 aromatic carbocycles. The van der Waals surface area contributed by atoms with Gasteiger partial charge < -0.3 is 14.9 Å². The van der Waals surface area contributed by atoms with Gasteiger partial charge in [0.25, 0.3) is 0 Å². The molecule has 92 valence electrons. The van der Waals surface area contributed by atoms with Crippen LogP contribution in [0.2, 0.25) is 0 Å². The van der Waals surface area contributed by atoms with Crippen molar-refractivity contribution in [3.8, 4) is 0 Å². The third-order valence-electron chi connectivity index (χ3n) is 2.59. The summed E-state index contributed by atoms with van der Waals surface area (Å²) in [6, 6.07) is 0. The largest absolute Gasteiger partial charge is 0.393 e. The number of ether oxygens (including phenoxy) is 1. The first-order valence-corrected chi connectivity index (χ1v) is 6.14. The van der Waals surface area contributed by atoms with Gasteiger partial charge in [-0.15, -0.1) is 0 Å². The zero-order valence-electron chi connectivity index (χ0n) is 10.1. The fourth-order valence-corrected chi connectivity index (χ4v) is 1.35. The van der Waals surface area contributed by atoms with E-state index in [-0.39, 0.29) is 12.2 Å². The maximum Gasteiger partial charge on any atom is 0.0538 e. The van der Waals surface area contributed by atoms with Crippen molar-refractivity contribution >= 4 is 0 Å². The maximum atomic E-state index is 9.28. The van der Waals surface area contributed by atoms with E-state index in [9.17, 15) is 10.2 Å². The van der Waals surface area contributed by atoms with Crippen molar-refractivity contribution in [2.45, 2.75) is 64.6 Å². The summed E-state index contributed by atoms with van der Waals surface area (Å²) in [5, 5.41) is 18.6. The summed E-state index contributed by atoms with van der Waals surface area (Å²) < 4.78 is 5.40. The lowest BCUT2D eigenvalue weighted by atomic mass is 10.1. The van der Waals surface area contributed by atoms with E-state index in [2.05, 4.69) is 0 Å². The third-order valence-corrected chi connectivity index (χ3v) is 2.59. The number of aliphatic hydroxyl groups excluding tert-OH is 2. The fourth-order valence-electron chi connectivity index (χ4n) is 1.35. The SMILES string of the molecule is CCC(O)CCCOCCCC(O)CC. The minimum Gasteiger partial charge on any atom is -0.393 e. The Labute approximate surface area is 93.5 Å². The van der Waals surface area contributed by atoms with Crippen LogP contribution in [0.3, 0.4) is 0 Å². The van der Waals surface area contributed by atoms with Gasteiger partial charge in [-0.2, -0.15) is 0 Å². The molecular weight excluding hydrogens is 192 g/mol. The van der Waals surface area contributed by atoms with Gasteiger partial charge in [0.2, 0.25) is 0 Å². The predicted molar refractivity (Wildman–Crippen MR) is 61.9 cm³/mol. The van der Waals surface area contributed by atoms with Crippen molar-refractivity contribution in [2.24, 2.45) is 0 Å². The Balaban J connectivity index is 3.05. The maximum absolute atomic E-state index is 9.28. The molecule has 2 N–H and O–H groups in total. The van der Waals surface area contributed by atoms with Crippen LogP contribution in [0.5, 0.6) is 0 Å². The zero-order chi connectivity index (χ0) is 11.5. The molecule has 0 heterocycles. The molecule has 0 aliphatic heterocycles. The lowest BCUT2D eigenvalue weighted by Gasteiger charge is -2.09. The summed E-state index contributed by atoms with van der Waals surface area (Å²) in [5.74, 6) is 0. The van der Waals surface area contributed by atoms with E-state index in [0.717, 1.165) is 51.7 Å². The van der Waals surface area contributed by atoms with Crippen molar-refractivity contribution in [3.05, 3.63) is 0 Å². The van der Waals surface area contributed by atoms with Gasteiger partial charge in [0, 0.05) is 13.2 Å². The molecule has 0 aliphatic carbocycles. The number of aliphatic hydroxyl groups is 2. The highest BCUT2D eigenvalue weighted by Crippen LogP contribution is 2.03. The minimum atomic E-state index is -0.171. The van der Waals surface area contributed by atoms with Crippen molar-refractivity contribution in [1.82, 2.24) is 0 Å². The van der Waals surface area contributed by atoms with Crippen LogP contribution in [0.25, 0.3) is 0 Å². The Bertz CT molecular complexity index is 114. The Hall–Kier alpha value is -0.120. The topological polar surface area (TPSA) is 49.7 Å². The molecule has 2 atom stereocenters. The molecule has 3 heteroatoms. The van der Waals surface area contributed by atoms with Gasteiger partial charge >= 0.3 is 0 Å². The Morgan fingerprint density at radius 3 is 1.60 bits per heavy atom. The lowest BCUT2D eigenvalue weighted by molar-refractivity contribution is 0.0903. The molecule has 0 radical (unpaired) electrons. The molecule has 0 amide bonds. The molecule has 0 saturated carbocycles. The number of hydrogen-bond acceptors (Lipinski definition) is 3. The van der Waals surface area contributed by atoms with Crippen LogP contribution in [0.15, 0.2) is 0 Å². The molecule has 0 spiro atoms. The predicted octanol–water partition coefficient (Wildman–Crippen LogP) is 2.11. The summed E-state index contributed by atoms with van der Waals surface area (Å²) in [4.78, 5) is 0. The Kier molecular flexibility index (Phi) is 10.3. The average molecular weight is 218 g/mol. The van der Waals surface area contributed by atoms with Crippen molar-refractivity contribution in [3.63, 3.8) is 0 Å².